The maximum absolute atomic E-state index is 4.70. The van der Waals surface area contributed by atoms with E-state index in [1.54, 1.807) is 0 Å². The van der Waals surface area contributed by atoms with Crippen molar-refractivity contribution in [1.29, 1.82) is 0 Å². The highest BCUT2D eigenvalue weighted by molar-refractivity contribution is 5.75. The number of fused-ring (bicyclic) bond motifs is 1. The van der Waals surface area contributed by atoms with Gasteiger partial charge in [0.05, 0.1) is 11.0 Å². The monoisotopic (exact) mass is 215 g/mol. The molecule has 0 saturated carbocycles. The van der Waals surface area contributed by atoms with Gasteiger partial charge < -0.3 is 9.88 Å². The van der Waals surface area contributed by atoms with Gasteiger partial charge in [0.1, 0.15) is 5.82 Å². The molecule has 84 valence electrons. The molecule has 0 bridgehead atoms. The molecule has 3 nitrogen and oxygen atoms in total. The van der Waals surface area contributed by atoms with Crippen molar-refractivity contribution in [3.05, 3.63) is 30.1 Å². The number of aryl methyl sites for hydroxylation is 1. The molecule has 1 fully saturated rings. The van der Waals surface area contributed by atoms with Gasteiger partial charge in [-0.15, -0.1) is 0 Å². The minimum atomic E-state index is 0.621. The number of nitrogens with zero attached hydrogens (tertiary/aromatic N) is 2. The zero-order valence-electron chi connectivity index (χ0n) is 9.61. The van der Waals surface area contributed by atoms with Crippen LogP contribution in [0.15, 0.2) is 24.3 Å². The van der Waals surface area contributed by atoms with Crippen LogP contribution >= 0.6 is 0 Å². The van der Waals surface area contributed by atoms with Crippen molar-refractivity contribution in [2.24, 2.45) is 7.05 Å². The summed E-state index contributed by atoms with van der Waals surface area (Å²) < 4.78 is 2.22. The lowest BCUT2D eigenvalue weighted by molar-refractivity contribution is 0.575. The average molecular weight is 215 g/mol. The molecular weight excluding hydrogens is 198 g/mol. The minimum absolute atomic E-state index is 0.621. The Balaban J connectivity index is 1.94. The Kier molecular flexibility index (Phi) is 2.40. The van der Waals surface area contributed by atoms with Gasteiger partial charge in [0, 0.05) is 19.5 Å². The van der Waals surface area contributed by atoms with Crippen molar-refractivity contribution < 1.29 is 0 Å². The SMILES string of the molecule is Cn1c(CC2CCCN2)nc2ccccc21. The summed E-state index contributed by atoms with van der Waals surface area (Å²) in [7, 11) is 2.11. The molecule has 1 N–H and O–H groups in total. The first-order chi connectivity index (χ1) is 7.84. The minimum Gasteiger partial charge on any atom is -0.331 e. The first kappa shape index (κ1) is 9.85. The van der Waals surface area contributed by atoms with Crippen molar-refractivity contribution in [1.82, 2.24) is 14.9 Å². The number of hydrogen-bond donors (Lipinski definition) is 1. The highest BCUT2D eigenvalue weighted by Gasteiger charge is 2.17. The first-order valence-electron chi connectivity index (χ1n) is 5.98. The van der Waals surface area contributed by atoms with E-state index in [9.17, 15) is 0 Å². The molecule has 1 aromatic heterocycles. The molecule has 16 heavy (non-hydrogen) atoms. The Labute approximate surface area is 95.5 Å². The van der Waals surface area contributed by atoms with Crippen LogP contribution in [0.3, 0.4) is 0 Å². The Morgan fingerprint density at radius 2 is 2.31 bits per heavy atom. The van der Waals surface area contributed by atoms with Gasteiger partial charge in [-0.05, 0) is 31.5 Å². The second-order valence-electron chi connectivity index (χ2n) is 4.57. The lowest BCUT2D eigenvalue weighted by Crippen LogP contribution is -2.25. The number of benzene rings is 1. The second kappa shape index (κ2) is 3.91. The summed E-state index contributed by atoms with van der Waals surface area (Å²) >= 11 is 0. The molecule has 1 aliphatic heterocycles. The van der Waals surface area contributed by atoms with Crippen molar-refractivity contribution in [3.8, 4) is 0 Å². The van der Waals surface area contributed by atoms with Crippen molar-refractivity contribution in [3.63, 3.8) is 0 Å². The van der Waals surface area contributed by atoms with E-state index in [0.29, 0.717) is 6.04 Å². The summed E-state index contributed by atoms with van der Waals surface area (Å²) in [6, 6.07) is 8.96. The lowest BCUT2D eigenvalue weighted by atomic mass is 10.1. The molecule has 1 unspecified atom stereocenters. The van der Waals surface area contributed by atoms with Crippen molar-refractivity contribution in [2.75, 3.05) is 6.54 Å². The number of rotatable bonds is 2. The molecule has 1 aromatic carbocycles. The summed E-state index contributed by atoms with van der Waals surface area (Å²) in [5.41, 5.74) is 2.34. The molecule has 2 heterocycles. The lowest BCUT2D eigenvalue weighted by Gasteiger charge is -2.09. The van der Waals surface area contributed by atoms with Crippen LogP contribution in [-0.4, -0.2) is 22.1 Å². The molecule has 0 aliphatic carbocycles. The van der Waals surface area contributed by atoms with Crippen LogP contribution in [0.4, 0.5) is 0 Å². The van der Waals surface area contributed by atoms with Gasteiger partial charge in [0.2, 0.25) is 0 Å². The maximum Gasteiger partial charge on any atom is 0.111 e. The Hall–Kier alpha value is -1.35. The van der Waals surface area contributed by atoms with Crippen molar-refractivity contribution >= 4 is 11.0 Å². The molecule has 0 amide bonds. The summed E-state index contributed by atoms with van der Waals surface area (Å²) in [5.74, 6) is 1.20. The Morgan fingerprint density at radius 3 is 3.06 bits per heavy atom. The largest absolute Gasteiger partial charge is 0.331 e. The summed E-state index contributed by atoms with van der Waals surface area (Å²) in [5, 5.41) is 3.52. The fraction of sp³-hybridized carbons (Fsp3) is 0.462. The van der Waals surface area contributed by atoms with E-state index in [4.69, 9.17) is 4.98 Å². The highest BCUT2D eigenvalue weighted by Crippen LogP contribution is 2.17. The second-order valence-corrected chi connectivity index (χ2v) is 4.57. The normalized spacial score (nSPS) is 20.7. The van der Waals surface area contributed by atoms with Gasteiger partial charge in [-0.1, -0.05) is 12.1 Å². The molecule has 1 atom stereocenters. The molecular formula is C13H17N3. The van der Waals surface area contributed by atoms with Crippen LogP contribution in [0.2, 0.25) is 0 Å². The number of nitrogens with one attached hydrogen (secondary N) is 1. The third kappa shape index (κ3) is 1.61. The predicted molar refractivity (Wildman–Crippen MR) is 65.4 cm³/mol. The maximum atomic E-state index is 4.70. The zero-order chi connectivity index (χ0) is 11.0. The van der Waals surface area contributed by atoms with E-state index in [2.05, 4.69) is 35.1 Å². The van der Waals surface area contributed by atoms with Crippen LogP contribution < -0.4 is 5.32 Å². The quantitative estimate of drug-likeness (QED) is 0.828. The van der Waals surface area contributed by atoms with Gasteiger partial charge in [-0.3, -0.25) is 0 Å². The van der Waals surface area contributed by atoms with E-state index in [1.165, 1.54) is 24.2 Å². The van der Waals surface area contributed by atoms with Crippen LogP contribution in [0, 0.1) is 0 Å². The summed E-state index contributed by atoms with van der Waals surface area (Å²) in [6.45, 7) is 1.16. The number of aromatic nitrogens is 2. The van der Waals surface area contributed by atoms with Gasteiger partial charge in [-0.25, -0.2) is 4.98 Å². The number of hydrogen-bond acceptors (Lipinski definition) is 2. The zero-order valence-corrected chi connectivity index (χ0v) is 9.61. The van der Waals surface area contributed by atoms with Gasteiger partial charge in [0.25, 0.3) is 0 Å². The van der Waals surface area contributed by atoms with E-state index in [0.717, 1.165) is 18.5 Å². The smallest absolute Gasteiger partial charge is 0.111 e. The molecule has 3 rings (SSSR count). The topological polar surface area (TPSA) is 29.9 Å². The summed E-state index contributed by atoms with van der Waals surface area (Å²) in [6.07, 6.45) is 3.63. The molecule has 1 aliphatic rings. The first-order valence-corrected chi connectivity index (χ1v) is 5.98. The molecule has 2 aromatic rings. The molecule has 3 heteroatoms. The third-order valence-corrected chi connectivity index (χ3v) is 3.47. The van der Waals surface area contributed by atoms with E-state index in [-0.39, 0.29) is 0 Å². The Bertz CT molecular complexity index is 495. The third-order valence-electron chi connectivity index (χ3n) is 3.47. The van der Waals surface area contributed by atoms with E-state index in [1.807, 2.05) is 6.07 Å². The van der Waals surface area contributed by atoms with Crippen LogP contribution in [-0.2, 0) is 13.5 Å². The van der Waals surface area contributed by atoms with Gasteiger partial charge >= 0.3 is 0 Å². The number of imidazole rings is 1. The van der Waals surface area contributed by atoms with Gasteiger partial charge in [0.15, 0.2) is 0 Å². The van der Waals surface area contributed by atoms with Gasteiger partial charge in [-0.2, -0.15) is 0 Å². The standard InChI is InChI=1S/C13H17N3/c1-16-12-7-3-2-6-11(12)15-13(16)9-10-5-4-8-14-10/h2-3,6-7,10,14H,4-5,8-9H2,1H3. The van der Waals surface area contributed by atoms with Crippen molar-refractivity contribution in [2.45, 2.75) is 25.3 Å². The number of para-hydroxylation sites is 2. The predicted octanol–water partition coefficient (Wildman–Crippen LogP) is 1.87. The summed E-state index contributed by atoms with van der Waals surface area (Å²) in [4.78, 5) is 4.70. The van der Waals surface area contributed by atoms with Crippen LogP contribution in [0.5, 0.6) is 0 Å². The molecule has 0 spiro atoms. The van der Waals surface area contributed by atoms with Crippen LogP contribution in [0.25, 0.3) is 11.0 Å². The molecule has 0 radical (unpaired) electrons. The fourth-order valence-corrected chi connectivity index (χ4v) is 2.53. The average Bonchev–Trinajstić information content (AvgIpc) is 2.90. The molecule has 1 saturated heterocycles. The van der Waals surface area contributed by atoms with E-state index < -0.39 is 0 Å². The fourth-order valence-electron chi connectivity index (χ4n) is 2.53. The van der Waals surface area contributed by atoms with Crippen LogP contribution in [0.1, 0.15) is 18.7 Å². The highest BCUT2D eigenvalue weighted by atomic mass is 15.1. The Morgan fingerprint density at radius 1 is 1.44 bits per heavy atom. The van der Waals surface area contributed by atoms with E-state index >= 15 is 0 Å².